The highest BCUT2D eigenvalue weighted by Gasteiger charge is 2.19. The Balaban J connectivity index is 1.73. The van der Waals surface area contributed by atoms with Gasteiger partial charge in [0.25, 0.3) is 0 Å². The van der Waals surface area contributed by atoms with Gasteiger partial charge in [-0.15, -0.1) is 0 Å². The predicted octanol–water partition coefficient (Wildman–Crippen LogP) is 2.70. The maximum absolute atomic E-state index is 12.7. The number of ether oxygens (including phenoxy) is 2. The molecule has 1 heterocycles. The van der Waals surface area contributed by atoms with E-state index in [1.165, 1.54) is 0 Å². The third-order valence-corrected chi connectivity index (χ3v) is 4.23. The molecular formula is C19H22N2O3. The molecule has 0 unspecified atom stereocenters. The lowest BCUT2D eigenvalue weighted by Gasteiger charge is -2.20. The Morgan fingerprint density at radius 2 is 1.92 bits per heavy atom. The van der Waals surface area contributed by atoms with E-state index in [1.807, 2.05) is 35.2 Å². The molecule has 0 saturated heterocycles. The third kappa shape index (κ3) is 3.45. The highest BCUT2D eigenvalue weighted by atomic mass is 16.5. The van der Waals surface area contributed by atoms with Crippen molar-refractivity contribution in [3.63, 3.8) is 0 Å². The third-order valence-electron chi connectivity index (χ3n) is 4.23. The van der Waals surface area contributed by atoms with Crippen LogP contribution in [0.25, 0.3) is 0 Å². The molecule has 1 aliphatic rings. The van der Waals surface area contributed by atoms with Crippen molar-refractivity contribution in [1.82, 2.24) is 4.90 Å². The van der Waals surface area contributed by atoms with Gasteiger partial charge in [0.15, 0.2) is 11.5 Å². The van der Waals surface area contributed by atoms with E-state index < -0.39 is 0 Å². The second-order valence-corrected chi connectivity index (χ2v) is 5.77. The molecule has 2 aromatic carbocycles. The molecule has 0 atom stereocenters. The van der Waals surface area contributed by atoms with Gasteiger partial charge in [-0.1, -0.05) is 24.3 Å². The first-order valence-electron chi connectivity index (χ1n) is 8.01. The lowest BCUT2D eigenvalue weighted by Crippen LogP contribution is -2.33. The van der Waals surface area contributed by atoms with Crippen LogP contribution in [0.4, 0.5) is 5.69 Å². The number of nitrogens with zero attached hydrogens (tertiary/aromatic N) is 1. The Labute approximate surface area is 142 Å². The number of carbonyl (C=O) groups is 1. The summed E-state index contributed by atoms with van der Waals surface area (Å²) in [6.07, 6.45) is 0.350. The highest BCUT2D eigenvalue weighted by molar-refractivity contribution is 5.79. The molecule has 0 fully saturated rings. The number of amides is 1. The van der Waals surface area contributed by atoms with Gasteiger partial charge in [-0.25, -0.2) is 0 Å². The summed E-state index contributed by atoms with van der Waals surface area (Å²) in [7, 11) is 3.20. The molecule has 126 valence electrons. The average molecular weight is 326 g/mol. The van der Waals surface area contributed by atoms with Gasteiger partial charge in [-0.3, -0.25) is 4.79 Å². The fourth-order valence-corrected chi connectivity index (χ4v) is 2.93. The van der Waals surface area contributed by atoms with Crippen LogP contribution < -0.4 is 14.8 Å². The van der Waals surface area contributed by atoms with Crippen molar-refractivity contribution < 1.29 is 14.3 Å². The van der Waals surface area contributed by atoms with Gasteiger partial charge in [-0.05, 0) is 29.3 Å². The minimum atomic E-state index is 0.112. The lowest BCUT2D eigenvalue weighted by atomic mass is 10.1. The zero-order valence-electron chi connectivity index (χ0n) is 14.0. The summed E-state index contributed by atoms with van der Waals surface area (Å²) in [6, 6.07) is 13.7. The molecule has 0 radical (unpaired) electrons. The van der Waals surface area contributed by atoms with Crippen LogP contribution in [-0.4, -0.2) is 38.1 Å². The first-order chi connectivity index (χ1) is 11.7. The number of para-hydroxylation sites is 1. The van der Waals surface area contributed by atoms with Crippen molar-refractivity contribution in [2.45, 2.75) is 13.0 Å². The number of anilines is 1. The fraction of sp³-hybridized carbons (Fsp3) is 0.316. The summed E-state index contributed by atoms with van der Waals surface area (Å²) < 4.78 is 10.6. The molecule has 5 nitrogen and oxygen atoms in total. The van der Waals surface area contributed by atoms with Gasteiger partial charge >= 0.3 is 0 Å². The molecule has 0 aliphatic carbocycles. The molecule has 0 spiro atoms. The van der Waals surface area contributed by atoms with Crippen LogP contribution in [-0.2, 0) is 17.8 Å². The van der Waals surface area contributed by atoms with Crippen LogP contribution in [0.5, 0.6) is 11.5 Å². The Bertz CT molecular complexity index is 730. The second-order valence-electron chi connectivity index (χ2n) is 5.77. The average Bonchev–Trinajstić information content (AvgIpc) is 2.84. The van der Waals surface area contributed by atoms with Crippen molar-refractivity contribution >= 4 is 11.6 Å². The molecule has 24 heavy (non-hydrogen) atoms. The van der Waals surface area contributed by atoms with Crippen LogP contribution in [0.2, 0.25) is 0 Å². The van der Waals surface area contributed by atoms with E-state index in [9.17, 15) is 4.79 Å². The van der Waals surface area contributed by atoms with Gasteiger partial charge in [0.1, 0.15) is 0 Å². The van der Waals surface area contributed by atoms with Crippen molar-refractivity contribution in [2.24, 2.45) is 0 Å². The van der Waals surface area contributed by atoms with Crippen LogP contribution in [0.3, 0.4) is 0 Å². The molecule has 0 bridgehead atoms. The number of carbonyl (C=O) groups excluding carboxylic acids is 1. The van der Waals surface area contributed by atoms with Gasteiger partial charge in [0.05, 0.1) is 20.6 Å². The van der Waals surface area contributed by atoms with Crippen LogP contribution in [0.1, 0.15) is 11.1 Å². The van der Waals surface area contributed by atoms with Crippen molar-refractivity contribution in [3.05, 3.63) is 53.6 Å². The summed E-state index contributed by atoms with van der Waals surface area (Å²) in [5.74, 6) is 1.42. The van der Waals surface area contributed by atoms with E-state index in [0.717, 1.165) is 23.4 Å². The molecule has 1 amide bonds. The fourth-order valence-electron chi connectivity index (χ4n) is 2.93. The van der Waals surface area contributed by atoms with E-state index in [0.29, 0.717) is 31.0 Å². The molecule has 0 saturated carbocycles. The minimum absolute atomic E-state index is 0.112. The number of fused-ring (bicyclic) bond motifs is 1. The SMILES string of the molecule is COc1ccc(CC(=O)N2CCNc3ccccc3C2)cc1OC. The van der Waals surface area contributed by atoms with E-state index in [-0.39, 0.29) is 5.91 Å². The van der Waals surface area contributed by atoms with E-state index in [2.05, 4.69) is 17.4 Å². The predicted molar refractivity (Wildman–Crippen MR) is 93.6 cm³/mol. The van der Waals surface area contributed by atoms with Crippen molar-refractivity contribution in [2.75, 3.05) is 32.6 Å². The number of nitrogens with one attached hydrogen (secondary N) is 1. The van der Waals surface area contributed by atoms with E-state index in [1.54, 1.807) is 14.2 Å². The summed E-state index contributed by atoms with van der Waals surface area (Å²) >= 11 is 0. The number of hydrogen-bond acceptors (Lipinski definition) is 4. The summed E-state index contributed by atoms with van der Waals surface area (Å²) in [6.45, 7) is 2.09. The first-order valence-corrected chi connectivity index (χ1v) is 8.01. The first kappa shape index (κ1) is 16.2. The number of methoxy groups -OCH3 is 2. The zero-order chi connectivity index (χ0) is 16.9. The smallest absolute Gasteiger partial charge is 0.227 e. The topological polar surface area (TPSA) is 50.8 Å². The van der Waals surface area contributed by atoms with Crippen LogP contribution in [0, 0.1) is 0 Å². The zero-order valence-corrected chi connectivity index (χ0v) is 14.0. The van der Waals surface area contributed by atoms with Gasteiger partial charge < -0.3 is 19.7 Å². The molecule has 0 aromatic heterocycles. The Morgan fingerprint density at radius 1 is 1.12 bits per heavy atom. The van der Waals surface area contributed by atoms with Crippen LogP contribution >= 0.6 is 0 Å². The molecule has 2 aromatic rings. The standard InChI is InChI=1S/C19H22N2O3/c1-23-17-8-7-14(11-18(17)24-2)12-19(22)21-10-9-20-16-6-4-3-5-15(16)13-21/h3-8,11,20H,9-10,12-13H2,1-2H3. The number of hydrogen-bond donors (Lipinski definition) is 1. The largest absolute Gasteiger partial charge is 0.493 e. The molecule has 1 aliphatic heterocycles. The summed E-state index contributed by atoms with van der Waals surface area (Å²) in [5, 5.41) is 3.38. The number of benzene rings is 2. The van der Waals surface area contributed by atoms with Gasteiger partial charge in [0.2, 0.25) is 5.91 Å². The maximum atomic E-state index is 12.7. The molecule has 1 N–H and O–H groups in total. The van der Waals surface area contributed by atoms with Crippen molar-refractivity contribution in [3.8, 4) is 11.5 Å². The van der Waals surface area contributed by atoms with Crippen LogP contribution in [0.15, 0.2) is 42.5 Å². The lowest BCUT2D eigenvalue weighted by molar-refractivity contribution is -0.130. The van der Waals surface area contributed by atoms with Crippen molar-refractivity contribution in [1.29, 1.82) is 0 Å². The quantitative estimate of drug-likeness (QED) is 0.938. The molecular weight excluding hydrogens is 304 g/mol. The highest BCUT2D eigenvalue weighted by Crippen LogP contribution is 2.28. The Hall–Kier alpha value is -2.69. The van der Waals surface area contributed by atoms with Gasteiger partial charge in [-0.2, -0.15) is 0 Å². The Morgan fingerprint density at radius 3 is 2.71 bits per heavy atom. The van der Waals surface area contributed by atoms with E-state index in [4.69, 9.17) is 9.47 Å². The molecule has 3 rings (SSSR count). The van der Waals surface area contributed by atoms with E-state index >= 15 is 0 Å². The minimum Gasteiger partial charge on any atom is -0.493 e. The monoisotopic (exact) mass is 326 g/mol. The van der Waals surface area contributed by atoms with Gasteiger partial charge in [0, 0.05) is 25.3 Å². The molecule has 5 heteroatoms. The Kier molecular flexibility index (Phi) is 4.89. The maximum Gasteiger partial charge on any atom is 0.227 e. The normalized spacial score (nSPS) is 13.5. The summed E-state index contributed by atoms with van der Waals surface area (Å²) in [5.41, 5.74) is 3.18. The number of rotatable bonds is 4. The second kappa shape index (κ2) is 7.25. The summed E-state index contributed by atoms with van der Waals surface area (Å²) in [4.78, 5) is 14.6.